The zero-order valence-electron chi connectivity index (χ0n) is 10.5. The van der Waals surface area contributed by atoms with E-state index in [1.54, 1.807) is 0 Å². The van der Waals surface area contributed by atoms with Gasteiger partial charge in [0.25, 0.3) is 0 Å². The van der Waals surface area contributed by atoms with Crippen LogP contribution in [0.15, 0.2) is 24.3 Å². The van der Waals surface area contributed by atoms with Crippen LogP contribution in [-0.4, -0.2) is 24.3 Å². The van der Waals surface area contributed by atoms with Crippen molar-refractivity contribution in [1.82, 2.24) is 0 Å². The van der Waals surface area contributed by atoms with Crippen molar-refractivity contribution in [2.45, 2.75) is 25.7 Å². The van der Waals surface area contributed by atoms with E-state index in [9.17, 15) is 4.79 Å². The second kappa shape index (κ2) is 6.78. The van der Waals surface area contributed by atoms with Gasteiger partial charge in [0.15, 0.2) is 0 Å². The number of piperidine rings is 1. The molecule has 1 aromatic rings. The summed E-state index contributed by atoms with van der Waals surface area (Å²) in [5.41, 5.74) is 2.09. The molecule has 1 amide bonds. The van der Waals surface area contributed by atoms with Crippen LogP contribution in [0.2, 0.25) is 0 Å². The molecule has 0 radical (unpaired) electrons. The Morgan fingerprint density at radius 3 is 2.67 bits per heavy atom. The Labute approximate surface area is 117 Å². The molecule has 1 N–H and O–H groups in total. The lowest BCUT2D eigenvalue weighted by Crippen LogP contribution is -2.30. The maximum atomic E-state index is 11.7. The summed E-state index contributed by atoms with van der Waals surface area (Å²) in [6, 6.07) is 8.08. The molecular weight excluding hydrogens is 292 g/mol. The van der Waals surface area contributed by atoms with E-state index in [1.807, 2.05) is 18.2 Å². The van der Waals surface area contributed by atoms with Crippen LogP contribution >= 0.6 is 15.9 Å². The first-order valence-corrected chi connectivity index (χ1v) is 7.63. The van der Waals surface area contributed by atoms with Gasteiger partial charge in [0.2, 0.25) is 5.91 Å². The fourth-order valence-electron chi connectivity index (χ4n) is 2.29. The van der Waals surface area contributed by atoms with Crippen molar-refractivity contribution in [2.75, 3.05) is 28.6 Å². The quantitative estimate of drug-likeness (QED) is 0.864. The second-order valence-corrected chi connectivity index (χ2v) is 5.35. The highest BCUT2D eigenvalue weighted by atomic mass is 79.9. The van der Waals surface area contributed by atoms with Gasteiger partial charge < -0.3 is 10.2 Å². The number of carbonyl (C=O) groups is 1. The Kier molecular flexibility index (Phi) is 5.05. The normalized spacial score (nSPS) is 15.5. The third-order valence-corrected chi connectivity index (χ3v) is 3.59. The van der Waals surface area contributed by atoms with Gasteiger partial charge in [0, 0.05) is 24.8 Å². The Balaban J connectivity index is 2.11. The number of rotatable bonds is 4. The molecule has 2 rings (SSSR count). The average molecular weight is 311 g/mol. The predicted octanol–water partition coefficient (Wildman–Crippen LogP) is 3.40. The number of halogens is 1. The van der Waals surface area contributed by atoms with Crippen LogP contribution in [0.5, 0.6) is 0 Å². The highest BCUT2D eigenvalue weighted by molar-refractivity contribution is 9.09. The summed E-state index contributed by atoms with van der Waals surface area (Å²) in [4.78, 5) is 14.1. The lowest BCUT2D eigenvalue weighted by molar-refractivity contribution is -0.115. The van der Waals surface area contributed by atoms with Crippen LogP contribution in [0.1, 0.15) is 25.7 Å². The van der Waals surface area contributed by atoms with Gasteiger partial charge in [-0.2, -0.15) is 0 Å². The number of nitrogens with zero attached hydrogens (tertiary/aromatic N) is 1. The summed E-state index contributed by atoms with van der Waals surface area (Å²) in [6.07, 6.45) is 4.30. The molecule has 1 fully saturated rings. The molecule has 0 bridgehead atoms. The van der Waals surface area contributed by atoms with Crippen LogP contribution in [0.4, 0.5) is 11.4 Å². The van der Waals surface area contributed by atoms with Gasteiger partial charge in [-0.05, 0) is 31.4 Å². The minimum Gasteiger partial charge on any atom is -0.370 e. The van der Waals surface area contributed by atoms with Gasteiger partial charge in [-0.15, -0.1) is 0 Å². The number of nitrogens with one attached hydrogen (secondary N) is 1. The van der Waals surface area contributed by atoms with E-state index in [4.69, 9.17) is 0 Å². The first-order valence-electron chi connectivity index (χ1n) is 6.51. The molecule has 0 saturated carbocycles. The summed E-state index contributed by atoms with van der Waals surface area (Å²) in [7, 11) is 0. The van der Waals surface area contributed by atoms with Crippen LogP contribution in [0, 0.1) is 0 Å². The number of hydrogen-bond acceptors (Lipinski definition) is 2. The number of alkyl halides is 1. The third-order valence-electron chi connectivity index (χ3n) is 3.20. The van der Waals surface area contributed by atoms with E-state index < -0.39 is 0 Å². The molecule has 98 valence electrons. The Hall–Kier alpha value is -1.03. The lowest BCUT2D eigenvalue weighted by Gasteiger charge is -2.30. The molecule has 1 saturated heterocycles. The summed E-state index contributed by atoms with van der Waals surface area (Å²) < 4.78 is 0. The van der Waals surface area contributed by atoms with Gasteiger partial charge >= 0.3 is 0 Å². The zero-order valence-corrected chi connectivity index (χ0v) is 12.1. The predicted molar refractivity (Wildman–Crippen MR) is 79.5 cm³/mol. The number of anilines is 2. The number of amides is 1. The van der Waals surface area contributed by atoms with E-state index in [0.717, 1.165) is 24.5 Å². The molecule has 0 atom stereocenters. The SMILES string of the molecule is O=C(CCBr)Nc1ccccc1N1CCCCC1. The topological polar surface area (TPSA) is 32.3 Å². The van der Waals surface area contributed by atoms with Crippen molar-refractivity contribution in [1.29, 1.82) is 0 Å². The van der Waals surface area contributed by atoms with Crippen molar-refractivity contribution in [3.05, 3.63) is 24.3 Å². The first-order chi connectivity index (χ1) is 8.81. The monoisotopic (exact) mass is 310 g/mol. The maximum absolute atomic E-state index is 11.7. The lowest BCUT2D eigenvalue weighted by atomic mass is 10.1. The molecule has 0 aromatic heterocycles. The molecule has 0 aliphatic carbocycles. The van der Waals surface area contributed by atoms with Crippen LogP contribution in [0.3, 0.4) is 0 Å². The number of hydrogen-bond donors (Lipinski definition) is 1. The highest BCUT2D eigenvalue weighted by Crippen LogP contribution is 2.28. The van der Waals surface area contributed by atoms with E-state index >= 15 is 0 Å². The smallest absolute Gasteiger partial charge is 0.225 e. The van der Waals surface area contributed by atoms with Crippen molar-refractivity contribution in [3.63, 3.8) is 0 Å². The molecule has 0 unspecified atom stereocenters. The van der Waals surface area contributed by atoms with Gasteiger partial charge in [-0.25, -0.2) is 0 Å². The van der Waals surface area contributed by atoms with Crippen LogP contribution < -0.4 is 10.2 Å². The molecule has 18 heavy (non-hydrogen) atoms. The van der Waals surface area contributed by atoms with Crippen molar-refractivity contribution in [2.24, 2.45) is 0 Å². The average Bonchev–Trinajstić information content (AvgIpc) is 2.40. The third kappa shape index (κ3) is 3.48. The van der Waals surface area contributed by atoms with Crippen molar-refractivity contribution < 1.29 is 4.79 Å². The summed E-state index contributed by atoms with van der Waals surface area (Å²) in [5.74, 6) is 0.0661. The van der Waals surface area contributed by atoms with Crippen molar-refractivity contribution >= 4 is 33.2 Å². The molecule has 3 nitrogen and oxygen atoms in total. The second-order valence-electron chi connectivity index (χ2n) is 4.55. The van der Waals surface area contributed by atoms with E-state index in [0.29, 0.717) is 11.8 Å². The van der Waals surface area contributed by atoms with E-state index in [-0.39, 0.29) is 5.91 Å². The summed E-state index contributed by atoms with van der Waals surface area (Å²) in [6.45, 7) is 2.18. The zero-order chi connectivity index (χ0) is 12.8. The highest BCUT2D eigenvalue weighted by Gasteiger charge is 2.14. The van der Waals surface area contributed by atoms with Gasteiger partial charge in [0.1, 0.15) is 0 Å². The maximum Gasteiger partial charge on any atom is 0.225 e. The number of para-hydroxylation sites is 2. The first kappa shape index (κ1) is 13.4. The molecule has 1 aliphatic heterocycles. The summed E-state index contributed by atoms with van der Waals surface area (Å²) in [5, 5.41) is 3.70. The fourth-order valence-corrected chi connectivity index (χ4v) is 2.65. The summed E-state index contributed by atoms with van der Waals surface area (Å²) >= 11 is 3.29. The molecule has 0 spiro atoms. The van der Waals surface area contributed by atoms with Gasteiger partial charge in [-0.1, -0.05) is 28.1 Å². The van der Waals surface area contributed by atoms with Gasteiger partial charge in [-0.3, -0.25) is 4.79 Å². The number of carbonyl (C=O) groups excluding carboxylic acids is 1. The molecular formula is C14H19BrN2O. The van der Waals surface area contributed by atoms with Gasteiger partial charge in [0.05, 0.1) is 11.4 Å². The molecule has 1 aliphatic rings. The minimum atomic E-state index is 0.0661. The minimum absolute atomic E-state index is 0.0661. The Morgan fingerprint density at radius 2 is 1.94 bits per heavy atom. The Bertz CT molecular complexity index is 403. The van der Waals surface area contributed by atoms with E-state index in [2.05, 4.69) is 32.2 Å². The van der Waals surface area contributed by atoms with Crippen LogP contribution in [-0.2, 0) is 4.79 Å². The number of benzene rings is 1. The molecule has 1 aromatic carbocycles. The van der Waals surface area contributed by atoms with E-state index in [1.165, 1.54) is 19.3 Å². The fraction of sp³-hybridized carbons (Fsp3) is 0.500. The standard InChI is InChI=1S/C14H19BrN2O/c15-9-8-14(18)16-12-6-2-3-7-13(12)17-10-4-1-5-11-17/h2-3,6-7H,1,4-5,8-11H2,(H,16,18). The van der Waals surface area contributed by atoms with Crippen LogP contribution in [0.25, 0.3) is 0 Å². The molecule has 1 heterocycles. The van der Waals surface area contributed by atoms with Crippen molar-refractivity contribution in [3.8, 4) is 0 Å². The molecule has 4 heteroatoms. The largest absolute Gasteiger partial charge is 0.370 e. The Morgan fingerprint density at radius 1 is 1.22 bits per heavy atom.